The summed E-state index contributed by atoms with van der Waals surface area (Å²) in [7, 11) is 0. The average Bonchev–Trinajstić information content (AvgIpc) is 3.07. The van der Waals surface area contributed by atoms with E-state index < -0.39 is 0 Å². The molecule has 0 unspecified atom stereocenters. The van der Waals surface area contributed by atoms with Crippen LogP contribution in [0, 0.1) is 5.41 Å². The quantitative estimate of drug-likeness (QED) is 0.802. The standard InChI is InChI=1S/C13H17ClN2S/c1-2-13(5-6-13)8-16-9-3-4-10(12(15)17)11(14)7-9/h3-4,7,16H,2,5-6,8H2,1H3,(H2,15,17). The van der Waals surface area contributed by atoms with E-state index in [-0.39, 0.29) is 0 Å². The van der Waals surface area contributed by atoms with E-state index in [0.717, 1.165) is 17.8 Å². The number of benzene rings is 1. The minimum atomic E-state index is 0.341. The van der Waals surface area contributed by atoms with Gasteiger partial charge in [0.2, 0.25) is 0 Å². The molecule has 2 rings (SSSR count). The van der Waals surface area contributed by atoms with E-state index in [4.69, 9.17) is 29.6 Å². The molecule has 1 saturated carbocycles. The number of nitrogens with one attached hydrogen (secondary N) is 1. The SMILES string of the molecule is CCC1(CNc2ccc(C(N)=S)c(Cl)c2)CC1. The monoisotopic (exact) mass is 268 g/mol. The van der Waals surface area contributed by atoms with Gasteiger partial charge in [-0.2, -0.15) is 0 Å². The van der Waals surface area contributed by atoms with Crippen LogP contribution in [0.4, 0.5) is 5.69 Å². The van der Waals surface area contributed by atoms with Gasteiger partial charge in [-0.15, -0.1) is 0 Å². The second-order valence-electron chi connectivity index (χ2n) is 4.77. The van der Waals surface area contributed by atoms with Crippen LogP contribution in [0.2, 0.25) is 5.02 Å². The molecule has 0 radical (unpaired) electrons. The van der Waals surface area contributed by atoms with Gasteiger partial charge < -0.3 is 11.1 Å². The second kappa shape index (κ2) is 4.83. The predicted molar refractivity (Wildman–Crippen MR) is 77.8 cm³/mol. The first-order chi connectivity index (χ1) is 8.06. The summed E-state index contributed by atoms with van der Waals surface area (Å²) in [5.74, 6) is 0. The summed E-state index contributed by atoms with van der Waals surface area (Å²) in [4.78, 5) is 0.341. The summed E-state index contributed by atoms with van der Waals surface area (Å²) in [6.07, 6.45) is 3.89. The van der Waals surface area contributed by atoms with Crippen molar-refractivity contribution < 1.29 is 0 Å². The molecule has 92 valence electrons. The summed E-state index contributed by atoms with van der Waals surface area (Å²) in [5, 5.41) is 4.05. The van der Waals surface area contributed by atoms with Crippen LogP contribution >= 0.6 is 23.8 Å². The normalized spacial score (nSPS) is 16.6. The highest BCUT2D eigenvalue weighted by Crippen LogP contribution is 2.48. The van der Waals surface area contributed by atoms with Gasteiger partial charge >= 0.3 is 0 Å². The van der Waals surface area contributed by atoms with Crippen molar-refractivity contribution in [3.8, 4) is 0 Å². The maximum Gasteiger partial charge on any atom is 0.105 e. The summed E-state index contributed by atoms with van der Waals surface area (Å²) < 4.78 is 0. The summed E-state index contributed by atoms with van der Waals surface area (Å²) in [6.45, 7) is 3.27. The van der Waals surface area contributed by atoms with Crippen LogP contribution in [-0.4, -0.2) is 11.5 Å². The third kappa shape index (κ3) is 2.90. The molecule has 1 aromatic carbocycles. The summed E-state index contributed by atoms with van der Waals surface area (Å²) in [6, 6.07) is 5.74. The summed E-state index contributed by atoms with van der Waals surface area (Å²) in [5.41, 5.74) is 7.86. The van der Waals surface area contributed by atoms with E-state index in [1.54, 1.807) is 0 Å². The van der Waals surface area contributed by atoms with Gasteiger partial charge in [0.05, 0.1) is 5.02 Å². The molecule has 0 aliphatic heterocycles. The highest BCUT2D eigenvalue weighted by molar-refractivity contribution is 7.80. The van der Waals surface area contributed by atoms with Crippen molar-refractivity contribution in [1.29, 1.82) is 0 Å². The van der Waals surface area contributed by atoms with Gasteiger partial charge in [0.1, 0.15) is 4.99 Å². The van der Waals surface area contributed by atoms with Crippen LogP contribution in [0.25, 0.3) is 0 Å². The second-order valence-corrected chi connectivity index (χ2v) is 5.61. The Hall–Kier alpha value is -0.800. The first-order valence-corrected chi connectivity index (χ1v) is 6.68. The molecule has 0 atom stereocenters. The molecule has 2 nitrogen and oxygen atoms in total. The van der Waals surface area contributed by atoms with Gasteiger partial charge in [-0.1, -0.05) is 30.7 Å². The van der Waals surface area contributed by atoms with Crippen LogP contribution < -0.4 is 11.1 Å². The fourth-order valence-corrected chi connectivity index (χ4v) is 2.46. The zero-order valence-corrected chi connectivity index (χ0v) is 11.5. The lowest BCUT2D eigenvalue weighted by Gasteiger charge is -2.15. The van der Waals surface area contributed by atoms with Gasteiger partial charge in [-0.05, 0) is 42.9 Å². The Labute approximate surface area is 113 Å². The lowest BCUT2D eigenvalue weighted by atomic mass is 10.0. The average molecular weight is 269 g/mol. The van der Waals surface area contributed by atoms with Gasteiger partial charge in [-0.3, -0.25) is 0 Å². The molecule has 3 N–H and O–H groups in total. The topological polar surface area (TPSA) is 38.0 Å². The smallest absolute Gasteiger partial charge is 0.105 e. The number of hydrogen-bond donors (Lipinski definition) is 2. The molecule has 0 bridgehead atoms. The number of anilines is 1. The van der Waals surface area contributed by atoms with Crippen molar-refractivity contribution in [3.63, 3.8) is 0 Å². The largest absolute Gasteiger partial charge is 0.389 e. The van der Waals surface area contributed by atoms with Crippen molar-refractivity contribution in [2.24, 2.45) is 11.1 Å². The van der Waals surface area contributed by atoms with Gasteiger partial charge in [-0.25, -0.2) is 0 Å². The van der Waals surface area contributed by atoms with Gasteiger partial charge in [0.15, 0.2) is 0 Å². The fraction of sp³-hybridized carbons (Fsp3) is 0.462. The molecule has 1 aliphatic carbocycles. The van der Waals surface area contributed by atoms with Gasteiger partial charge in [0, 0.05) is 17.8 Å². The number of nitrogens with two attached hydrogens (primary N) is 1. The van der Waals surface area contributed by atoms with E-state index in [1.165, 1.54) is 19.3 Å². The first-order valence-electron chi connectivity index (χ1n) is 5.89. The zero-order valence-electron chi connectivity index (χ0n) is 9.92. The minimum absolute atomic E-state index is 0.341. The highest BCUT2D eigenvalue weighted by Gasteiger charge is 2.40. The van der Waals surface area contributed by atoms with Crippen molar-refractivity contribution >= 4 is 34.5 Å². The van der Waals surface area contributed by atoms with E-state index in [9.17, 15) is 0 Å². The van der Waals surface area contributed by atoms with E-state index in [2.05, 4.69) is 12.2 Å². The van der Waals surface area contributed by atoms with E-state index in [1.807, 2.05) is 18.2 Å². The van der Waals surface area contributed by atoms with E-state index >= 15 is 0 Å². The maximum absolute atomic E-state index is 6.12. The Morgan fingerprint density at radius 2 is 2.24 bits per heavy atom. The van der Waals surface area contributed by atoms with Gasteiger partial charge in [0.25, 0.3) is 0 Å². The predicted octanol–water partition coefficient (Wildman–Crippen LogP) is 3.58. The molecular formula is C13H17ClN2S. The van der Waals surface area contributed by atoms with Crippen molar-refractivity contribution in [2.75, 3.05) is 11.9 Å². The number of rotatable bonds is 5. The Kier molecular flexibility index (Phi) is 3.59. The van der Waals surface area contributed by atoms with Crippen LogP contribution in [0.15, 0.2) is 18.2 Å². The van der Waals surface area contributed by atoms with Crippen LogP contribution in [0.5, 0.6) is 0 Å². The Balaban J connectivity index is 2.03. The lowest BCUT2D eigenvalue weighted by Crippen LogP contribution is -2.15. The third-order valence-electron chi connectivity index (χ3n) is 3.61. The Morgan fingerprint density at radius 3 is 2.71 bits per heavy atom. The lowest BCUT2D eigenvalue weighted by molar-refractivity contribution is 0.521. The molecule has 1 aliphatic rings. The van der Waals surface area contributed by atoms with Crippen LogP contribution in [-0.2, 0) is 0 Å². The Bertz CT molecular complexity index is 441. The maximum atomic E-state index is 6.12. The molecule has 0 amide bonds. The van der Waals surface area contributed by atoms with Crippen LogP contribution in [0.3, 0.4) is 0 Å². The first kappa shape index (κ1) is 12.7. The fourth-order valence-electron chi connectivity index (χ4n) is 1.95. The molecule has 4 heteroatoms. The summed E-state index contributed by atoms with van der Waals surface area (Å²) >= 11 is 11.0. The number of thiocarbonyl (C=S) groups is 1. The number of halogens is 1. The molecule has 0 heterocycles. The third-order valence-corrected chi connectivity index (χ3v) is 4.14. The molecule has 1 aromatic rings. The molecule has 0 saturated heterocycles. The van der Waals surface area contributed by atoms with E-state index in [0.29, 0.717) is 15.4 Å². The minimum Gasteiger partial charge on any atom is -0.389 e. The van der Waals surface area contributed by atoms with Crippen molar-refractivity contribution in [1.82, 2.24) is 0 Å². The zero-order chi connectivity index (χ0) is 12.5. The van der Waals surface area contributed by atoms with Crippen LogP contribution in [0.1, 0.15) is 31.7 Å². The highest BCUT2D eigenvalue weighted by atomic mass is 35.5. The van der Waals surface area contributed by atoms with Crippen molar-refractivity contribution in [3.05, 3.63) is 28.8 Å². The number of hydrogen-bond acceptors (Lipinski definition) is 2. The molecular weight excluding hydrogens is 252 g/mol. The van der Waals surface area contributed by atoms with Crippen molar-refractivity contribution in [2.45, 2.75) is 26.2 Å². The molecule has 17 heavy (non-hydrogen) atoms. The molecule has 1 fully saturated rings. The molecule has 0 aromatic heterocycles. The molecule has 0 spiro atoms. The Morgan fingerprint density at radius 1 is 1.53 bits per heavy atom.